The molecule has 0 spiro atoms. The Balaban J connectivity index is 1.97. The van der Waals surface area contributed by atoms with Crippen molar-refractivity contribution in [3.63, 3.8) is 0 Å². The first kappa shape index (κ1) is 17.4. The third-order valence-electron chi connectivity index (χ3n) is 3.33. The maximum Gasteiger partial charge on any atom is 0.191 e. The number of nitrogens with zero attached hydrogens (tertiary/aromatic N) is 1. The Bertz CT molecular complexity index is 641. The standard InChI is InChI=1S/C17H21F2N3S/c1-3-20-17(22-12(2)16-5-4-10-23-16)21-9-8-13-11-14(18)6-7-15(13)19/h4-7,10-12H,3,8-9H2,1-2H3,(H2,20,21,22). The molecular formula is C17H21F2N3S. The highest BCUT2D eigenvalue weighted by Gasteiger charge is 2.09. The van der Waals surface area contributed by atoms with E-state index in [2.05, 4.69) is 28.6 Å². The van der Waals surface area contributed by atoms with Crippen LogP contribution in [0.25, 0.3) is 0 Å². The van der Waals surface area contributed by atoms with E-state index < -0.39 is 11.6 Å². The lowest BCUT2D eigenvalue weighted by molar-refractivity contribution is 0.584. The largest absolute Gasteiger partial charge is 0.357 e. The molecule has 1 unspecified atom stereocenters. The number of benzene rings is 1. The number of hydrogen-bond donors (Lipinski definition) is 2. The van der Waals surface area contributed by atoms with E-state index in [0.717, 1.165) is 18.7 Å². The average Bonchev–Trinajstić information content (AvgIpc) is 3.05. The first-order valence-corrected chi connectivity index (χ1v) is 8.50. The molecule has 0 bridgehead atoms. The van der Waals surface area contributed by atoms with Crippen LogP contribution >= 0.6 is 11.3 Å². The maximum absolute atomic E-state index is 13.6. The molecule has 1 aromatic carbocycles. The molecule has 23 heavy (non-hydrogen) atoms. The molecular weight excluding hydrogens is 316 g/mol. The van der Waals surface area contributed by atoms with Crippen molar-refractivity contribution >= 4 is 17.3 Å². The van der Waals surface area contributed by atoms with Crippen molar-refractivity contribution in [1.82, 2.24) is 10.6 Å². The minimum atomic E-state index is -0.429. The van der Waals surface area contributed by atoms with Gasteiger partial charge in [-0.1, -0.05) is 6.07 Å². The molecule has 0 radical (unpaired) electrons. The molecule has 2 aromatic rings. The molecule has 2 N–H and O–H groups in total. The Morgan fingerprint density at radius 2 is 2.13 bits per heavy atom. The van der Waals surface area contributed by atoms with Crippen molar-refractivity contribution in [3.8, 4) is 0 Å². The van der Waals surface area contributed by atoms with Crippen molar-refractivity contribution in [3.05, 3.63) is 57.8 Å². The molecule has 0 amide bonds. The fourth-order valence-electron chi connectivity index (χ4n) is 2.16. The summed E-state index contributed by atoms with van der Waals surface area (Å²) in [5.74, 6) is -0.154. The van der Waals surface area contributed by atoms with Crippen molar-refractivity contribution in [1.29, 1.82) is 0 Å². The molecule has 0 aliphatic carbocycles. The summed E-state index contributed by atoms with van der Waals surface area (Å²) in [5, 5.41) is 8.51. The number of thiophene rings is 1. The van der Waals surface area contributed by atoms with Gasteiger partial charge in [0.1, 0.15) is 11.6 Å². The van der Waals surface area contributed by atoms with Crippen LogP contribution < -0.4 is 10.6 Å². The zero-order valence-electron chi connectivity index (χ0n) is 13.3. The lowest BCUT2D eigenvalue weighted by Crippen LogP contribution is -2.38. The molecule has 124 valence electrons. The molecule has 2 rings (SSSR count). The lowest BCUT2D eigenvalue weighted by Gasteiger charge is -2.16. The predicted molar refractivity (Wildman–Crippen MR) is 91.9 cm³/mol. The van der Waals surface area contributed by atoms with Crippen molar-refractivity contribution in [2.24, 2.45) is 4.99 Å². The van der Waals surface area contributed by atoms with Gasteiger partial charge in [-0.25, -0.2) is 8.78 Å². The Labute approximate surface area is 139 Å². The summed E-state index contributed by atoms with van der Waals surface area (Å²) in [4.78, 5) is 5.65. The third-order valence-corrected chi connectivity index (χ3v) is 4.38. The van der Waals surface area contributed by atoms with E-state index in [0.29, 0.717) is 24.5 Å². The normalized spacial score (nSPS) is 13.0. The number of rotatable bonds is 6. The van der Waals surface area contributed by atoms with E-state index in [1.807, 2.05) is 18.4 Å². The fourth-order valence-corrected chi connectivity index (χ4v) is 2.89. The molecule has 0 aliphatic rings. The monoisotopic (exact) mass is 337 g/mol. The van der Waals surface area contributed by atoms with Gasteiger partial charge < -0.3 is 10.6 Å². The summed E-state index contributed by atoms with van der Waals surface area (Å²) in [5.41, 5.74) is 0.343. The van der Waals surface area contributed by atoms with Crippen LogP contribution in [0, 0.1) is 11.6 Å². The quantitative estimate of drug-likeness (QED) is 0.620. The lowest BCUT2D eigenvalue weighted by atomic mass is 10.1. The van der Waals surface area contributed by atoms with Crippen molar-refractivity contribution in [2.45, 2.75) is 26.3 Å². The summed E-state index contributed by atoms with van der Waals surface area (Å²) >= 11 is 1.68. The van der Waals surface area contributed by atoms with Gasteiger partial charge in [0.2, 0.25) is 0 Å². The summed E-state index contributed by atoms with van der Waals surface area (Å²) in [6.45, 7) is 5.16. The zero-order chi connectivity index (χ0) is 16.7. The Kier molecular flexibility index (Phi) is 6.52. The Morgan fingerprint density at radius 3 is 2.83 bits per heavy atom. The number of halogens is 2. The molecule has 0 saturated carbocycles. The van der Waals surface area contributed by atoms with E-state index >= 15 is 0 Å². The van der Waals surface area contributed by atoms with E-state index in [1.54, 1.807) is 11.3 Å². The molecule has 6 heteroatoms. The van der Waals surface area contributed by atoms with Crippen LogP contribution in [0.15, 0.2) is 40.7 Å². The maximum atomic E-state index is 13.6. The van der Waals surface area contributed by atoms with Gasteiger partial charge in [-0.05, 0) is 55.5 Å². The summed E-state index contributed by atoms with van der Waals surface area (Å²) < 4.78 is 26.7. The van der Waals surface area contributed by atoms with Crippen LogP contribution in [-0.2, 0) is 6.42 Å². The highest BCUT2D eigenvalue weighted by molar-refractivity contribution is 7.10. The Morgan fingerprint density at radius 1 is 1.30 bits per heavy atom. The van der Waals surface area contributed by atoms with Crippen LogP contribution in [-0.4, -0.2) is 19.0 Å². The molecule has 1 atom stereocenters. The minimum Gasteiger partial charge on any atom is -0.357 e. The van der Waals surface area contributed by atoms with Crippen molar-refractivity contribution in [2.75, 3.05) is 13.1 Å². The van der Waals surface area contributed by atoms with Crippen LogP contribution in [0.3, 0.4) is 0 Å². The molecule has 0 saturated heterocycles. The van der Waals surface area contributed by atoms with E-state index in [9.17, 15) is 8.78 Å². The first-order valence-electron chi connectivity index (χ1n) is 7.62. The van der Waals surface area contributed by atoms with Gasteiger partial charge in [-0.15, -0.1) is 11.3 Å². The number of guanidine groups is 1. The van der Waals surface area contributed by atoms with Crippen LogP contribution in [0.1, 0.15) is 30.3 Å². The highest BCUT2D eigenvalue weighted by Crippen LogP contribution is 2.17. The topological polar surface area (TPSA) is 36.4 Å². The second-order valence-corrected chi connectivity index (χ2v) is 6.11. The highest BCUT2D eigenvalue weighted by atomic mass is 32.1. The smallest absolute Gasteiger partial charge is 0.191 e. The molecule has 1 heterocycles. The van der Waals surface area contributed by atoms with Gasteiger partial charge in [0, 0.05) is 18.0 Å². The van der Waals surface area contributed by atoms with Gasteiger partial charge >= 0.3 is 0 Å². The average molecular weight is 337 g/mol. The van der Waals surface area contributed by atoms with Gasteiger partial charge in [0.25, 0.3) is 0 Å². The fraction of sp³-hybridized carbons (Fsp3) is 0.353. The van der Waals surface area contributed by atoms with E-state index in [4.69, 9.17) is 0 Å². The molecule has 0 aliphatic heterocycles. The SMILES string of the molecule is CCNC(=NCCc1cc(F)ccc1F)NC(C)c1cccs1. The number of aliphatic imine (C=N–C) groups is 1. The van der Waals surface area contributed by atoms with Gasteiger partial charge in [0.15, 0.2) is 5.96 Å². The van der Waals surface area contributed by atoms with Gasteiger partial charge in [0.05, 0.1) is 6.04 Å². The van der Waals surface area contributed by atoms with Gasteiger partial charge in [-0.3, -0.25) is 4.99 Å². The zero-order valence-corrected chi connectivity index (χ0v) is 14.1. The predicted octanol–water partition coefficient (Wildman–Crippen LogP) is 3.89. The first-order chi connectivity index (χ1) is 11.1. The second-order valence-electron chi connectivity index (χ2n) is 5.13. The summed E-state index contributed by atoms with van der Waals surface area (Å²) in [6, 6.07) is 7.70. The number of nitrogens with one attached hydrogen (secondary N) is 2. The minimum absolute atomic E-state index is 0.138. The molecule has 0 fully saturated rings. The van der Waals surface area contributed by atoms with Crippen LogP contribution in [0.4, 0.5) is 8.78 Å². The third kappa shape index (κ3) is 5.32. The van der Waals surface area contributed by atoms with E-state index in [-0.39, 0.29) is 6.04 Å². The van der Waals surface area contributed by atoms with Crippen LogP contribution in [0.5, 0.6) is 0 Å². The Hall–Kier alpha value is -1.95. The van der Waals surface area contributed by atoms with Crippen LogP contribution in [0.2, 0.25) is 0 Å². The number of hydrogen-bond acceptors (Lipinski definition) is 2. The molecule has 1 aromatic heterocycles. The van der Waals surface area contributed by atoms with Crippen molar-refractivity contribution < 1.29 is 8.78 Å². The summed E-state index contributed by atoms with van der Waals surface area (Å²) in [7, 11) is 0. The van der Waals surface area contributed by atoms with E-state index in [1.165, 1.54) is 10.9 Å². The second kappa shape index (κ2) is 8.62. The summed E-state index contributed by atoms with van der Waals surface area (Å²) in [6.07, 6.45) is 0.355. The van der Waals surface area contributed by atoms with Gasteiger partial charge in [-0.2, -0.15) is 0 Å². The molecule has 3 nitrogen and oxygen atoms in total.